The highest BCUT2D eigenvalue weighted by molar-refractivity contribution is 5.68. The minimum atomic E-state index is -4.43. The van der Waals surface area contributed by atoms with E-state index in [0.29, 0.717) is 42.1 Å². The molecule has 0 amide bonds. The predicted molar refractivity (Wildman–Crippen MR) is 119 cm³/mol. The van der Waals surface area contributed by atoms with Crippen molar-refractivity contribution in [3.63, 3.8) is 0 Å². The Balaban J connectivity index is 1.42. The van der Waals surface area contributed by atoms with E-state index in [1.165, 1.54) is 12.1 Å². The highest BCUT2D eigenvalue weighted by Gasteiger charge is 2.37. The predicted octanol–water partition coefficient (Wildman–Crippen LogP) is 6.31. The summed E-state index contributed by atoms with van der Waals surface area (Å²) in [4.78, 5) is 11.1. The minimum absolute atomic E-state index is 0.00503. The number of aliphatic carboxylic acids is 1. The first-order chi connectivity index (χ1) is 16.3. The molecule has 4 nitrogen and oxygen atoms in total. The number of halogens is 3. The fraction of sp³-hybridized carbons (Fsp3) is 0.296. The molecule has 2 atom stereocenters. The highest BCUT2D eigenvalue weighted by atomic mass is 19.4. The quantitative estimate of drug-likeness (QED) is 0.460. The number of hydrogen-bond acceptors (Lipinski definition) is 3. The van der Waals surface area contributed by atoms with Gasteiger partial charge in [0.15, 0.2) is 0 Å². The summed E-state index contributed by atoms with van der Waals surface area (Å²) in [5, 5.41) is 9.07. The van der Waals surface area contributed by atoms with Crippen LogP contribution in [0.4, 0.5) is 13.2 Å². The largest absolute Gasteiger partial charge is 0.492 e. The third kappa shape index (κ3) is 4.34. The summed E-state index contributed by atoms with van der Waals surface area (Å²) in [6.45, 7) is 0.306. The van der Waals surface area contributed by atoms with Crippen LogP contribution in [0.3, 0.4) is 0 Å². The second kappa shape index (κ2) is 8.70. The van der Waals surface area contributed by atoms with E-state index in [9.17, 15) is 18.0 Å². The Bertz CT molecular complexity index is 1220. The second-order valence-electron chi connectivity index (χ2n) is 8.77. The molecule has 0 aromatic heterocycles. The Morgan fingerprint density at radius 1 is 1.06 bits per heavy atom. The van der Waals surface area contributed by atoms with Crippen molar-refractivity contribution in [3.05, 3.63) is 94.0 Å². The Hall–Kier alpha value is -3.48. The molecule has 7 heteroatoms. The molecule has 1 aliphatic heterocycles. The molecule has 0 saturated carbocycles. The van der Waals surface area contributed by atoms with Crippen molar-refractivity contribution in [1.82, 2.24) is 0 Å². The normalized spacial score (nSPS) is 18.8. The van der Waals surface area contributed by atoms with E-state index in [0.717, 1.165) is 16.7 Å². The molecule has 0 spiro atoms. The third-order valence-corrected chi connectivity index (χ3v) is 6.56. The fourth-order valence-electron chi connectivity index (χ4n) is 5.00. The molecule has 0 fully saturated rings. The average Bonchev–Trinajstić information content (AvgIpc) is 3.38. The Labute approximate surface area is 194 Å². The maximum atomic E-state index is 13.8. The molecule has 1 aliphatic carbocycles. The fourth-order valence-corrected chi connectivity index (χ4v) is 5.00. The van der Waals surface area contributed by atoms with Gasteiger partial charge in [-0.3, -0.25) is 4.79 Å². The van der Waals surface area contributed by atoms with Gasteiger partial charge in [0.05, 0.1) is 18.6 Å². The van der Waals surface area contributed by atoms with Gasteiger partial charge in [0.25, 0.3) is 0 Å². The van der Waals surface area contributed by atoms with Gasteiger partial charge in [-0.05, 0) is 53.6 Å². The van der Waals surface area contributed by atoms with E-state index < -0.39 is 17.7 Å². The van der Waals surface area contributed by atoms with Crippen LogP contribution in [0, 0.1) is 0 Å². The summed E-state index contributed by atoms with van der Waals surface area (Å²) in [6, 6.07) is 17.2. The SMILES string of the molecule is O=C(O)CC1COc2cc(O[C@@H]3CCc4c3ccc(C(F)(F)F)c4Cc3ccccc3)ccc21. The van der Waals surface area contributed by atoms with Crippen LogP contribution < -0.4 is 9.47 Å². The summed E-state index contributed by atoms with van der Waals surface area (Å²) in [6.07, 6.45) is -3.49. The number of fused-ring (bicyclic) bond motifs is 2. The van der Waals surface area contributed by atoms with Crippen molar-refractivity contribution in [2.45, 2.75) is 43.9 Å². The van der Waals surface area contributed by atoms with E-state index in [1.807, 2.05) is 36.4 Å². The zero-order valence-corrected chi connectivity index (χ0v) is 18.3. The smallest absolute Gasteiger partial charge is 0.416 e. The Morgan fingerprint density at radius 3 is 2.56 bits per heavy atom. The van der Waals surface area contributed by atoms with Crippen LogP contribution in [-0.2, 0) is 23.8 Å². The Morgan fingerprint density at radius 2 is 1.82 bits per heavy atom. The van der Waals surface area contributed by atoms with E-state index in [4.69, 9.17) is 14.6 Å². The lowest BCUT2D eigenvalue weighted by molar-refractivity contribution is -0.138. The van der Waals surface area contributed by atoms with Crippen LogP contribution in [0.25, 0.3) is 0 Å². The van der Waals surface area contributed by atoms with Crippen molar-refractivity contribution in [3.8, 4) is 11.5 Å². The maximum Gasteiger partial charge on any atom is 0.416 e. The molecule has 34 heavy (non-hydrogen) atoms. The number of alkyl halides is 3. The van der Waals surface area contributed by atoms with Gasteiger partial charge in [-0.15, -0.1) is 0 Å². The standard InChI is InChI=1S/C27H23F3O4/c28-27(29,30)23-10-8-21-20(22(23)12-16-4-2-1-3-5-16)9-11-24(21)34-18-6-7-19-17(13-26(31)32)15-33-25(19)14-18/h1-8,10,14,17,24H,9,11-13,15H2,(H,31,32)/t17?,24-/m1/s1. The summed E-state index contributed by atoms with van der Waals surface area (Å²) in [5.74, 6) is 0.0696. The lowest BCUT2D eigenvalue weighted by Crippen LogP contribution is -2.13. The molecule has 5 rings (SSSR count). The van der Waals surface area contributed by atoms with Gasteiger partial charge < -0.3 is 14.6 Å². The highest BCUT2D eigenvalue weighted by Crippen LogP contribution is 2.44. The summed E-state index contributed by atoms with van der Waals surface area (Å²) in [7, 11) is 0. The van der Waals surface area contributed by atoms with Crippen LogP contribution in [-0.4, -0.2) is 17.7 Å². The molecular weight excluding hydrogens is 445 g/mol. The zero-order valence-electron chi connectivity index (χ0n) is 18.3. The molecule has 3 aromatic rings. The van der Waals surface area contributed by atoms with Gasteiger partial charge in [0, 0.05) is 17.5 Å². The zero-order chi connectivity index (χ0) is 23.9. The van der Waals surface area contributed by atoms with Gasteiger partial charge in [0.2, 0.25) is 0 Å². The minimum Gasteiger partial charge on any atom is -0.492 e. The lowest BCUT2D eigenvalue weighted by Gasteiger charge is -2.19. The molecule has 1 unspecified atom stereocenters. The van der Waals surface area contributed by atoms with Crippen LogP contribution in [0.1, 0.15) is 58.2 Å². The molecule has 0 saturated heterocycles. The van der Waals surface area contributed by atoms with Gasteiger partial charge in [0.1, 0.15) is 17.6 Å². The van der Waals surface area contributed by atoms with Crippen molar-refractivity contribution < 1.29 is 32.5 Å². The number of carboxylic acids is 1. The first-order valence-corrected chi connectivity index (χ1v) is 11.2. The van der Waals surface area contributed by atoms with Crippen molar-refractivity contribution in [1.29, 1.82) is 0 Å². The van der Waals surface area contributed by atoms with E-state index in [2.05, 4.69) is 0 Å². The number of carboxylic acid groups (broad SMARTS) is 1. The molecule has 3 aromatic carbocycles. The summed E-state index contributed by atoms with van der Waals surface area (Å²) < 4.78 is 53.3. The molecule has 1 N–H and O–H groups in total. The monoisotopic (exact) mass is 468 g/mol. The van der Waals surface area contributed by atoms with E-state index in [1.54, 1.807) is 12.1 Å². The van der Waals surface area contributed by atoms with Crippen LogP contribution >= 0.6 is 0 Å². The lowest BCUT2D eigenvalue weighted by atomic mass is 9.92. The first-order valence-electron chi connectivity index (χ1n) is 11.2. The number of carbonyl (C=O) groups is 1. The number of benzene rings is 3. The van der Waals surface area contributed by atoms with Gasteiger partial charge in [-0.25, -0.2) is 0 Å². The molecular formula is C27H23F3O4. The van der Waals surface area contributed by atoms with Crippen molar-refractivity contribution in [2.24, 2.45) is 0 Å². The van der Waals surface area contributed by atoms with Gasteiger partial charge in [-0.2, -0.15) is 13.2 Å². The van der Waals surface area contributed by atoms with Crippen LogP contribution in [0.15, 0.2) is 60.7 Å². The average molecular weight is 468 g/mol. The van der Waals surface area contributed by atoms with Gasteiger partial charge >= 0.3 is 12.1 Å². The van der Waals surface area contributed by atoms with Crippen LogP contribution in [0.2, 0.25) is 0 Å². The van der Waals surface area contributed by atoms with Gasteiger partial charge in [-0.1, -0.05) is 42.5 Å². The molecule has 0 bridgehead atoms. The topological polar surface area (TPSA) is 55.8 Å². The first kappa shape index (κ1) is 22.3. The van der Waals surface area contributed by atoms with E-state index >= 15 is 0 Å². The number of ether oxygens (including phenoxy) is 2. The van der Waals surface area contributed by atoms with Crippen molar-refractivity contribution in [2.75, 3.05) is 6.61 Å². The molecule has 176 valence electrons. The third-order valence-electron chi connectivity index (χ3n) is 6.56. The maximum absolute atomic E-state index is 13.8. The summed E-state index contributed by atoms with van der Waals surface area (Å²) in [5.41, 5.74) is 2.88. The molecule has 2 aliphatic rings. The number of hydrogen-bond donors (Lipinski definition) is 1. The van der Waals surface area contributed by atoms with Crippen molar-refractivity contribution >= 4 is 5.97 Å². The Kier molecular flexibility index (Phi) is 5.71. The number of rotatable bonds is 6. The van der Waals surface area contributed by atoms with Crippen LogP contribution in [0.5, 0.6) is 11.5 Å². The molecule has 1 heterocycles. The summed E-state index contributed by atoms with van der Waals surface area (Å²) >= 11 is 0. The molecule has 0 radical (unpaired) electrons. The second-order valence-corrected chi connectivity index (χ2v) is 8.77. The van der Waals surface area contributed by atoms with E-state index in [-0.39, 0.29) is 24.9 Å².